The van der Waals surface area contributed by atoms with E-state index < -0.39 is 11.7 Å². The zero-order chi connectivity index (χ0) is 24.9. The highest BCUT2D eigenvalue weighted by atomic mass is 35.5. The van der Waals surface area contributed by atoms with E-state index in [1.165, 1.54) is 18.5 Å². The molecule has 0 radical (unpaired) electrons. The number of nitrogens with two attached hydrogens (primary N) is 1. The summed E-state index contributed by atoms with van der Waals surface area (Å²) in [5, 5.41) is 2.78. The number of anilines is 1. The van der Waals surface area contributed by atoms with Crippen LogP contribution in [0.2, 0.25) is 5.02 Å². The number of amides is 1. The SMILES string of the molecule is CC(C)(N)CCCC(=O)c1nc[nH]c1C(=O)Nc1ccc(CC(=O)c2ccc(F)cc2Cl)cc1. The minimum absolute atomic E-state index is 0.0607. The van der Waals surface area contributed by atoms with E-state index in [1.807, 2.05) is 13.8 Å². The molecule has 0 fully saturated rings. The molecule has 0 unspecified atom stereocenters. The molecule has 1 amide bonds. The normalized spacial score (nSPS) is 11.3. The summed E-state index contributed by atoms with van der Waals surface area (Å²) in [4.78, 5) is 44.4. The third-order valence-corrected chi connectivity index (χ3v) is 5.48. The van der Waals surface area contributed by atoms with E-state index in [1.54, 1.807) is 24.3 Å². The summed E-state index contributed by atoms with van der Waals surface area (Å²) in [6.07, 6.45) is 2.89. The third kappa shape index (κ3) is 6.82. The predicted octanol–water partition coefficient (Wildman–Crippen LogP) is 4.97. The molecule has 1 aromatic heterocycles. The molecule has 4 N–H and O–H groups in total. The first-order chi connectivity index (χ1) is 16.0. The Balaban J connectivity index is 1.61. The molecular weight excluding hydrogens is 459 g/mol. The molecule has 7 nitrogen and oxygen atoms in total. The summed E-state index contributed by atoms with van der Waals surface area (Å²) in [5.41, 5.74) is 7.18. The van der Waals surface area contributed by atoms with Crippen molar-refractivity contribution in [2.45, 2.75) is 45.1 Å². The van der Waals surface area contributed by atoms with Crippen LogP contribution in [0.25, 0.3) is 0 Å². The van der Waals surface area contributed by atoms with Crippen LogP contribution in [0.15, 0.2) is 48.8 Å². The maximum atomic E-state index is 13.2. The van der Waals surface area contributed by atoms with Crippen LogP contribution < -0.4 is 11.1 Å². The summed E-state index contributed by atoms with van der Waals surface area (Å²) < 4.78 is 13.2. The Hall–Kier alpha value is -3.36. The van der Waals surface area contributed by atoms with Gasteiger partial charge in [-0.2, -0.15) is 0 Å². The van der Waals surface area contributed by atoms with E-state index in [9.17, 15) is 18.8 Å². The Bertz CT molecular complexity index is 1200. The van der Waals surface area contributed by atoms with Crippen molar-refractivity contribution in [2.24, 2.45) is 5.73 Å². The number of hydrogen-bond donors (Lipinski definition) is 3. The molecule has 0 atom stereocenters. The topological polar surface area (TPSA) is 118 Å². The van der Waals surface area contributed by atoms with E-state index in [-0.39, 0.29) is 51.9 Å². The first-order valence-corrected chi connectivity index (χ1v) is 11.2. The fourth-order valence-corrected chi connectivity index (χ4v) is 3.67. The Morgan fingerprint density at radius 2 is 1.82 bits per heavy atom. The van der Waals surface area contributed by atoms with Crippen molar-refractivity contribution in [1.29, 1.82) is 0 Å². The Morgan fingerprint density at radius 1 is 1.12 bits per heavy atom. The number of aromatic nitrogens is 2. The minimum atomic E-state index is -0.511. The second-order valence-electron chi connectivity index (χ2n) is 8.77. The lowest BCUT2D eigenvalue weighted by Gasteiger charge is -2.17. The second-order valence-corrected chi connectivity index (χ2v) is 9.17. The molecular formula is C25H26ClFN4O3. The lowest BCUT2D eigenvalue weighted by Crippen LogP contribution is -2.31. The van der Waals surface area contributed by atoms with Crippen LogP contribution in [0, 0.1) is 5.82 Å². The number of H-pyrrole nitrogens is 1. The Labute approximate surface area is 201 Å². The molecule has 0 spiro atoms. The number of hydrogen-bond acceptors (Lipinski definition) is 5. The number of Topliss-reactive ketones (excluding diaryl/α,β-unsaturated/α-hetero) is 2. The average Bonchev–Trinajstić information content (AvgIpc) is 3.24. The van der Waals surface area contributed by atoms with Crippen molar-refractivity contribution in [3.63, 3.8) is 0 Å². The number of imidazole rings is 1. The molecule has 3 rings (SSSR count). The van der Waals surface area contributed by atoms with Gasteiger partial charge in [0.15, 0.2) is 11.6 Å². The molecule has 0 aliphatic carbocycles. The lowest BCUT2D eigenvalue weighted by atomic mass is 9.97. The van der Waals surface area contributed by atoms with Gasteiger partial charge in [0.1, 0.15) is 17.2 Å². The van der Waals surface area contributed by atoms with Crippen molar-refractivity contribution in [2.75, 3.05) is 5.32 Å². The van der Waals surface area contributed by atoms with Crippen molar-refractivity contribution in [3.05, 3.63) is 82.1 Å². The van der Waals surface area contributed by atoms with Gasteiger partial charge in [0.05, 0.1) is 11.3 Å². The Morgan fingerprint density at radius 3 is 2.47 bits per heavy atom. The van der Waals surface area contributed by atoms with E-state index in [0.29, 0.717) is 24.1 Å². The number of nitrogens with zero attached hydrogens (tertiary/aromatic N) is 1. The first kappa shape index (κ1) is 25.3. The number of aromatic amines is 1. The molecule has 2 aromatic carbocycles. The van der Waals surface area contributed by atoms with Gasteiger partial charge in [0.25, 0.3) is 5.91 Å². The largest absolute Gasteiger partial charge is 0.340 e. The van der Waals surface area contributed by atoms with Crippen molar-refractivity contribution in [3.8, 4) is 0 Å². The monoisotopic (exact) mass is 484 g/mol. The van der Waals surface area contributed by atoms with E-state index in [0.717, 1.165) is 6.07 Å². The molecule has 0 aliphatic heterocycles. The first-order valence-electron chi connectivity index (χ1n) is 10.8. The molecule has 9 heteroatoms. The predicted molar refractivity (Wildman–Crippen MR) is 129 cm³/mol. The van der Waals surface area contributed by atoms with Gasteiger partial charge in [-0.3, -0.25) is 14.4 Å². The molecule has 1 heterocycles. The van der Waals surface area contributed by atoms with Crippen LogP contribution in [0.5, 0.6) is 0 Å². The zero-order valence-corrected chi connectivity index (χ0v) is 19.7. The molecule has 0 aliphatic rings. The molecule has 3 aromatic rings. The quantitative estimate of drug-likeness (QED) is 0.351. The number of halogens is 2. The van der Waals surface area contributed by atoms with Gasteiger partial charge in [0, 0.05) is 29.6 Å². The summed E-state index contributed by atoms with van der Waals surface area (Å²) in [6.45, 7) is 3.79. The van der Waals surface area contributed by atoms with Gasteiger partial charge < -0.3 is 16.0 Å². The summed E-state index contributed by atoms with van der Waals surface area (Å²) >= 11 is 5.96. The van der Waals surface area contributed by atoms with Gasteiger partial charge in [0.2, 0.25) is 0 Å². The van der Waals surface area contributed by atoms with Crippen LogP contribution in [0.4, 0.5) is 10.1 Å². The molecule has 178 valence electrons. The molecule has 0 bridgehead atoms. The summed E-state index contributed by atoms with van der Waals surface area (Å²) in [7, 11) is 0. The van der Waals surface area contributed by atoms with Crippen LogP contribution in [0.3, 0.4) is 0 Å². The van der Waals surface area contributed by atoms with E-state index in [2.05, 4.69) is 15.3 Å². The van der Waals surface area contributed by atoms with Crippen LogP contribution in [-0.2, 0) is 6.42 Å². The lowest BCUT2D eigenvalue weighted by molar-refractivity contribution is 0.0955. The number of rotatable bonds is 10. The summed E-state index contributed by atoms with van der Waals surface area (Å²) in [6, 6.07) is 10.3. The van der Waals surface area contributed by atoms with Crippen LogP contribution >= 0.6 is 11.6 Å². The molecule has 0 saturated heterocycles. The standard InChI is InChI=1S/C25H26ClFN4O3/c1-25(2,28)11-3-4-20(32)22-23(30-14-29-22)24(34)31-17-8-5-15(6-9-17)12-21(33)18-10-7-16(27)13-19(18)26/h5-10,13-14H,3-4,11-12,28H2,1-2H3,(H,29,30)(H,31,34). The maximum absolute atomic E-state index is 13.2. The smallest absolute Gasteiger partial charge is 0.274 e. The number of benzene rings is 2. The number of ketones is 2. The highest BCUT2D eigenvalue weighted by Crippen LogP contribution is 2.20. The summed E-state index contributed by atoms with van der Waals surface area (Å²) in [5.74, 6) is -1.49. The van der Waals surface area contributed by atoms with Crippen LogP contribution in [-0.4, -0.2) is 33.0 Å². The second kappa shape index (κ2) is 10.7. The zero-order valence-electron chi connectivity index (χ0n) is 19.0. The maximum Gasteiger partial charge on any atom is 0.274 e. The van der Waals surface area contributed by atoms with Crippen molar-refractivity contribution >= 4 is 34.8 Å². The highest BCUT2D eigenvalue weighted by Gasteiger charge is 2.21. The van der Waals surface area contributed by atoms with Gasteiger partial charge >= 0.3 is 0 Å². The fraction of sp³-hybridized carbons (Fsp3) is 0.280. The fourth-order valence-electron chi connectivity index (χ4n) is 3.40. The number of carbonyl (C=O) groups is 3. The van der Waals surface area contributed by atoms with Gasteiger partial charge in [-0.1, -0.05) is 23.7 Å². The Kier molecular flexibility index (Phi) is 7.96. The van der Waals surface area contributed by atoms with Gasteiger partial charge in [-0.15, -0.1) is 0 Å². The van der Waals surface area contributed by atoms with Crippen LogP contribution in [0.1, 0.15) is 70.0 Å². The number of carbonyl (C=O) groups excluding carboxylic acids is 3. The molecule has 34 heavy (non-hydrogen) atoms. The van der Waals surface area contributed by atoms with Gasteiger partial charge in [-0.25, -0.2) is 9.37 Å². The minimum Gasteiger partial charge on any atom is -0.340 e. The van der Waals surface area contributed by atoms with Crippen molar-refractivity contribution in [1.82, 2.24) is 9.97 Å². The van der Waals surface area contributed by atoms with E-state index >= 15 is 0 Å². The van der Waals surface area contributed by atoms with Gasteiger partial charge in [-0.05, 0) is 62.6 Å². The molecule has 0 saturated carbocycles. The third-order valence-electron chi connectivity index (χ3n) is 5.16. The average molecular weight is 485 g/mol. The number of nitrogens with one attached hydrogen (secondary N) is 2. The van der Waals surface area contributed by atoms with E-state index in [4.69, 9.17) is 17.3 Å². The van der Waals surface area contributed by atoms with Crippen molar-refractivity contribution < 1.29 is 18.8 Å². The highest BCUT2D eigenvalue weighted by molar-refractivity contribution is 6.34.